The molecule has 0 spiro atoms. The fourth-order valence-corrected chi connectivity index (χ4v) is 4.55. The molecule has 0 aromatic carbocycles. The van der Waals surface area contributed by atoms with Gasteiger partial charge in [-0.3, -0.25) is 9.59 Å². The smallest absolute Gasteiger partial charge is 0.249 e. The first-order valence-electron chi connectivity index (χ1n) is 8.81. The number of carbonyl (C=O) groups is 2. The van der Waals surface area contributed by atoms with E-state index in [4.69, 9.17) is 9.47 Å². The van der Waals surface area contributed by atoms with Gasteiger partial charge in [-0.15, -0.1) is 22.7 Å². The van der Waals surface area contributed by atoms with Crippen LogP contribution in [0.4, 0.5) is 0 Å². The lowest BCUT2D eigenvalue weighted by molar-refractivity contribution is -0.142. The third kappa shape index (κ3) is 5.35. The Morgan fingerprint density at radius 3 is 3.04 bits per heavy atom. The standard InChI is InChI=1S/C18H23N3O4S2/c1-24-7-8-25-11-16(22)21-6-2-4-14(21)17(23)19-10-13-12-27-18(20-13)15-5-3-9-26-15/h3,5,9,12,14H,2,4,6-8,10-11H2,1H3,(H,19,23). The maximum absolute atomic E-state index is 12.6. The minimum absolute atomic E-state index is 0.0244. The number of ether oxygens (including phenoxy) is 2. The van der Waals surface area contributed by atoms with E-state index in [9.17, 15) is 9.59 Å². The zero-order chi connectivity index (χ0) is 19.1. The number of hydrogen-bond donors (Lipinski definition) is 1. The molecule has 0 radical (unpaired) electrons. The Morgan fingerprint density at radius 1 is 1.37 bits per heavy atom. The van der Waals surface area contributed by atoms with E-state index in [0.29, 0.717) is 32.7 Å². The van der Waals surface area contributed by atoms with Crippen molar-refractivity contribution in [1.82, 2.24) is 15.2 Å². The molecule has 3 heterocycles. The summed E-state index contributed by atoms with van der Waals surface area (Å²) in [4.78, 5) is 32.2. The number of thiophene rings is 1. The minimum atomic E-state index is -0.432. The number of hydrogen-bond acceptors (Lipinski definition) is 7. The van der Waals surface area contributed by atoms with Gasteiger partial charge >= 0.3 is 0 Å². The van der Waals surface area contributed by atoms with Crippen molar-refractivity contribution < 1.29 is 19.1 Å². The lowest BCUT2D eigenvalue weighted by Gasteiger charge is -2.23. The van der Waals surface area contributed by atoms with Crippen LogP contribution < -0.4 is 5.32 Å². The normalized spacial score (nSPS) is 16.6. The molecule has 0 aliphatic carbocycles. The van der Waals surface area contributed by atoms with Gasteiger partial charge in [-0.1, -0.05) is 6.07 Å². The predicted octanol–water partition coefficient (Wildman–Crippen LogP) is 2.14. The highest BCUT2D eigenvalue weighted by Crippen LogP contribution is 2.27. The van der Waals surface area contributed by atoms with Gasteiger partial charge in [-0.05, 0) is 24.3 Å². The number of likely N-dealkylation sites (tertiary alicyclic amines) is 1. The quantitative estimate of drug-likeness (QED) is 0.642. The number of amides is 2. The van der Waals surface area contributed by atoms with Crippen molar-refractivity contribution in [2.75, 3.05) is 33.5 Å². The summed E-state index contributed by atoms with van der Waals surface area (Å²) in [5, 5.41) is 7.84. The molecule has 2 amide bonds. The van der Waals surface area contributed by atoms with E-state index in [-0.39, 0.29) is 18.4 Å². The van der Waals surface area contributed by atoms with Gasteiger partial charge in [0, 0.05) is 19.0 Å². The van der Waals surface area contributed by atoms with Gasteiger partial charge in [-0.25, -0.2) is 4.98 Å². The van der Waals surface area contributed by atoms with Crippen molar-refractivity contribution in [2.24, 2.45) is 0 Å². The maximum Gasteiger partial charge on any atom is 0.249 e. The highest BCUT2D eigenvalue weighted by atomic mass is 32.1. The number of carbonyl (C=O) groups excluding carboxylic acids is 2. The van der Waals surface area contributed by atoms with E-state index in [1.165, 1.54) is 0 Å². The number of rotatable bonds is 9. The van der Waals surface area contributed by atoms with Crippen LogP contribution in [0.2, 0.25) is 0 Å². The van der Waals surface area contributed by atoms with Crippen LogP contribution in [-0.2, 0) is 25.6 Å². The Bertz CT molecular complexity index is 748. The molecular formula is C18H23N3O4S2. The van der Waals surface area contributed by atoms with Crippen LogP contribution in [0.1, 0.15) is 18.5 Å². The van der Waals surface area contributed by atoms with E-state index in [1.54, 1.807) is 34.7 Å². The molecular weight excluding hydrogens is 386 g/mol. The SMILES string of the molecule is COCCOCC(=O)N1CCCC1C(=O)NCc1csc(-c2cccs2)n1. The molecule has 1 saturated heterocycles. The molecule has 2 aromatic rings. The lowest BCUT2D eigenvalue weighted by atomic mass is 10.2. The summed E-state index contributed by atoms with van der Waals surface area (Å²) in [6, 6.07) is 3.59. The number of nitrogens with zero attached hydrogens (tertiary/aromatic N) is 2. The molecule has 146 valence electrons. The second kappa shape index (κ2) is 9.93. The molecule has 0 bridgehead atoms. The maximum atomic E-state index is 12.6. The topological polar surface area (TPSA) is 80.8 Å². The number of thiazole rings is 1. The first-order chi connectivity index (χ1) is 13.2. The van der Waals surface area contributed by atoms with Gasteiger partial charge in [-0.2, -0.15) is 0 Å². The molecule has 1 fully saturated rings. The van der Waals surface area contributed by atoms with Crippen LogP contribution in [0, 0.1) is 0 Å². The molecule has 3 rings (SSSR count). The van der Waals surface area contributed by atoms with Gasteiger partial charge in [0.1, 0.15) is 17.7 Å². The van der Waals surface area contributed by atoms with E-state index in [2.05, 4.69) is 10.3 Å². The fraction of sp³-hybridized carbons (Fsp3) is 0.500. The van der Waals surface area contributed by atoms with Gasteiger partial charge in [0.25, 0.3) is 0 Å². The van der Waals surface area contributed by atoms with E-state index >= 15 is 0 Å². The minimum Gasteiger partial charge on any atom is -0.382 e. The van der Waals surface area contributed by atoms with Crippen molar-refractivity contribution in [3.05, 3.63) is 28.6 Å². The van der Waals surface area contributed by atoms with Gasteiger partial charge in [0.05, 0.1) is 30.3 Å². The Morgan fingerprint density at radius 2 is 2.26 bits per heavy atom. The predicted molar refractivity (Wildman–Crippen MR) is 105 cm³/mol. The zero-order valence-corrected chi connectivity index (χ0v) is 16.8. The summed E-state index contributed by atoms with van der Waals surface area (Å²) >= 11 is 3.21. The third-order valence-corrected chi connectivity index (χ3v) is 6.19. The summed E-state index contributed by atoms with van der Waals surface area (Å²) < 4.78 is 10.2. The van der Waals surface area contributed by atoms with E-state index in [1.807, 2.05) is 22.9 Å². The fourth-order valence-electron chi connectivity index (χ4n) is 2.92. The zero-order valence-electron chi connectivity index (χ0n) is 15.2. The number of nitrogens with one attached hydrogen (secondary N) is 1. The summed E-state index contributed by atoms with van der Waals surface area (Å²) in [7, 11) is 1.58. The number of methoxy groups -OCH3 is 1. The molecule has 1 aliphatic heterocycles. The first-order valence-corrected chi connectivity index (χ1v) is 10.6. The van der Waals surface area contributed by atoms with Crippen molar-refractivity contribution in [3.63, 3.8) is 0 Å². The second-order valence-corrected chi connectivity index (χ2v) is 7.94. The monoisotopic (exact) mass is 409 g/mol. The molecule has 1 aliphatic rings. The first kappa shape index (κ1) is 19.9. The van der Waals surface area contributed by atoms with Gasteiger partial charge in [0.2, 0.25) is 11.8 Å². The van der Waals surface area contributed by atoms with Crippen LogP contribution in [0.25, 0.3) is 9.88 Å². The average Bonchev–Trinajstić information content (AvgIpc) is 3.42. The van der Waals surface area contributed by atoms with Crippen molar-refractivity contribution in [3.8, 4) is 9.88 Å². The summed E-state index contributed by atoms with van der Waals surface area (Å²) in [6.07, 6.45) is 1.49. The van der Waals surface area contributed by atoms with Crippen LogP contribution in [0.15, 0.2) is 22.9 Å². The largest absolute Gasteiger partial charge is 0.382 e. The highest BCUT2D eigenvalue weighted by molar-refractivity contribution is 7.20. The van der Waals surface area contributed by atoms with Crippen molar-refractivity contribution in [2.45, 2.75) is 25.4 Å². The Hall–Kier alpha value is -1.81. The molecule has 1 N–H and O–H groups in total. The van der Waals surface area contributed by atoms with Crippen LogP contribution in [0.3, 0.4) is 0 Å². The highest BCUT2D eigenvalue weighted by Gasteiger charge is 2.33. The Balaban J connectivity index is 1.49. The summed E-state index contributed by atoms with van der Waals surface area (Å²) in [6.45, 7) is 1.73. The second-order valence-electron chi connectivity index (χ2n) is 6.13. The van der Waals surface area contributed by atoms with Crippen LogP contribution >= 0.6 is 22.7 Å². The molecule has 1 unspecified atom stereocenters. The Kier molecular flexibility index (Phi) is 7.33. The van der Waals surface area contributed by atoms with Crippen molar-refractivity contribution >= 4 is 34.5 Å². The van der Waals surface area contributed by atoms with Gasteiger partial charge in [0.15, 0.2) is 0 Å². The lowest BCUT2D eigenvalue weighted by Crippen LogP contribution is -2.47. The summed E-state index contributed by atoms with van der Waals surface area (Å²) in [5.41, 5.74) is 0.829. The molecule has 1 atom stereocenters. The average molecular weight is 410 g/mol. The molecule has 0 saturated carbocycles. The summed E-state index contributed by atoms with van der Waals surface area (Å²) in [5.74, 6) is -0.291. The molecule has 2 aromatic heterocycles. The molecule has 9 heteroatoms. The third-order valence-electron chi connectivity index (χ3n) is 4.26. The Labute approximate surface area is 166 Å². The number of aromatic nitrogens is 1. The van der Waals surface area contributed by atoms with Crippen LogP contribution in [-0.4, -0.2) is 61.2 Å². The molecule has 7 nitrogen and oxygen atoms in total. The van der Waals surface area contributed by atoms with Gasteiger partial charge < -0.3 is 19.7 Å². The van der Waals surface area contributed by atoms with E-state index < -0.39 is 6.04 Å². The van der Waals surface area contributed by atoms with Crippen LogP contribution in [0.5, 0.6) is 0 Å². The van der Waals surface area contributed by atoms with Crippen molar-refractivity contribution in [1.29, 1.82) is 0 Å². The molecule has 27 heavy (non-hydrogen) atoms. The van der Waals surface area contributed by atoms with E-state index in [0.717, 1.165) is 22.0 Å².